The van der Waals surface area contributed by atoms with Crippen LogP contribution in [0.3, 0.4) is 0 Å². The van der Waals surface area contributed by atoms with Gasteiger partial charge < -0.3 is 14.4 Å². The fourth-order valence-electron chi connectivity index (χ4n) is 3.11. The molecule has 5 heteroatoms. The maximum atomic E-state index is 12.6. The summed E-state index contributed by atoms with van der Waals surface area (Å²) in [6, 6.07) is 17.3. The van der Waals surface area contributed by atoms with Gasteiger partial charge in [-0.2, -0.15) is 0 Å². The quantitative estimate of drug-likeness (QED) is 0.717. The van der Waals surface area contributed by atoms with Crippen molar-refractivity contribution in [2.24, 2.45) is 0 Å². The summed E-state index contributed by atoms with van der Waals surface area (Å²) in [7, 11) is 1.61. The van der Waals surface area contributed by atoms with E-state index in [-0.39, 0.29) is 5.91 Å². The van der Waals surface area contributed by atoms with Crippen LogP contribution in [0.4, 0.5) is 0 Å². The van der Waals surface area contributed by atoms with E-state index in [9.17, 15) is 4.79 Å². The molecule has 0 aromatic heterocycles. The zero-order valence-electron chi connectivity index (χ0n) is 15.3. The van der Waals surface area contributed by atoms with E-state index in [0.717, 1.165) is 44.9 Å². The maximum Gasteiger partial charge on any atom is 0.254 e. The van der Waals surface area contributed by atoms with Crippen LogP contribution >= 0.6 is 0 Å². The van der Waals surface area contributed by atoms with Gasteiger partial charge >= 0.3 is 0 Å². The Morgan fingerprint density at radius 2 is 1.69 bits per heavy atom. The van der Waals surface area contributed by atoms with Crippen LogP contribution in [-0.4, -0.2) is 62.1 Å². The SMILES string of the molecule is COc1cccc(C(=O)N2CCN(CCCOc3ccccc3)CC2)c1. The highest BCUT2D eigenvalue weighted by molar-refractivity contribution is 5.94. The Morgan fingerprint density at radius 3 is 2.42 bits per heavy atom. The third-order valence-corrected chi connectivity index (χ3v) is 4.61. The Morgan fingerprint density at radius 1 is 0.962 bits per heavy atom. The molecule has 1 fully saturated rings. The molecule has 0 saturated carbocycles. The lowest BCUT2D eigenvalue weighted by Gasteiger charge is -2.34. The average Bonchev–Trinajstić information content (AvgIpc) is 2.72. The van der Waals surface area contributed by atoms with E-state index in [1.165, 1.54) is 0 Å². The van der Waals surface area contributed by atoms with Gasteiger partial charge in [0.05, 0.1) is 13.7 Å². The van der Waals surface area contributed by atoms with Gasteiger partial charge in [-0.3, -0.25) is 9.69 Å². The third-order valence-electron chi connectivity index (χ3n) is 4.61. The molecular weight excluding hydrogens is 328 g/mol. The maximum absolute atomic E-state index is 12.6. The zero-order valence-corrected chi connectivity index (χ0v) is 15.3. The summed E-state index contributed by atoms with van der Waals surface area (Å²) in [5, 5.41) is 0. The van der Waals surface area contributed by atoms with Crippen molar-refractivity contribution in [2.75, 3.05) is 46.4 Å². The second-order valence-corrected chi connectivity index (χ2v) is 6.38. The number of nitrogens with zero attached hydrogens (tertiary/aromatic N) is 2. The molecule has 3 rings (SSSR count). The molecule has 0 N–H and O–H groups in total. The molecular formula is C21H26N2O3. The molecule has 0 bridgehead atoms. The summed E-state index contributed by atoms with van der Waals surface area (Å²) < 4.78 is 10.9. The number of ether oxygens (including phenoxy) is 2. The number of hydrogen-bond acceptors (Lipinski definition) is 4. The monoisotopic (exact) mass is 354 g/mol. The van der Waals surface area contributed by atoms with Crippen LogP contribution in [0.2, 0.25) is 0 Å². The number of benzene rings is 2. The second-order valence-electron chi connectivity index (χ2n) is 6.38. The molecule has 1 aliphatic heterocycles. The van der Waals surface area contributed by atoms with Crippen molar-refractivity contribution < 1.29 is 14.3 Å². The van der Waals surface area contributed by atoms with E-state index in [2.05, 4.69) is 4.90 Å². The van der Waals surface area contributed by atoms with Crippen molar-refractivity contribution in [3.8, 4) is 11.5 Å². The van der Waals surface area contributed by atoms with Crippen molar-refractivity contribution in [3.05, 3.63) is 60.2 Å². The molecule has 1 heterocycles. The van der Waals surface area contributed by atoms with Crippen LogP contribution in [0.15, 0.2) is 54.6 Å². The minimum atomic E-state index is 0.0796. The molecule has 0 radical (unpaired) electrons. The molecule has 0 spiro atoms. The number of piperazine rings is 1. The van der Waals surface area contributed by atoms with Crippen molar-refractivity contribution in [3.63, 3.8) is 0 Å². The Bertz CT molecular complexity index is 697. The Kier molecular flexibility index (Phi) is 6.50. The summed E-state index contributed by atoms with van der Waals surface area (Å²) >= 11 is 0. The topological polar surface area (TPSA) is 42.0 Å². The first kappa shape index (κ1) is 18.3. The number of amides is 1. The van der Waals surface area contributed by atoms with Crippen LogP contribution in [0.25, 0.3) is 0 Å². The minimum absolute atomic E-state index is 0.0796. The van der Waals surface area contributed by atoms with Gasteiger partial charge in [-0.05, 0) is 36.8 Å². The highest BCUT2D eigenvalue weighted by Gasteiger charge is 2.22. The lowest BCUT2D eigenvalue weighted by Crippen LogP contribution is -2.49. The van der Waals surface area contributed by atoms with Gasteiger partial charge in [-0.25, -0.2) is 0 Å². The molecule has 26 heavy (non-hydrogen) atoms. The largest absolute Gasteiger partial charge is 0.497 e. The van der Waals surface area contributed by atoms with E-state index < -0.39 is 0 Å². The Hall–Kier alpha value is -2.53. The lowest BCUT2D eigenvalue weighted by atomic mass is 10.1. The van der Waals surface area contributed by atoms with Crippen LogP contribution in [0.5, 0.6) is 11.5 Å². The first-order chi connectivity index (χ1) is 12.8. The third kappa shape index (κ3) is 4.99. The van der Waals surface area contributed by atoms with Crippen molar-refractivity contribution in [1.29, 1.82) is 0 Å². The van der Waals surface area contributed by atoms with Crippen LogP contribution in [0, 0.1) is 0 Å². The second kappa shape index (κ2) is 9.25. The van der Waals surface area contributed by atoms with Gasteiger partial charge in [0.15, 0.2) is 0 Å². The van der Waals surface area contributed by atoms with Gasteiger partial charge in [0.1, 0.15) is 11.5 Å². The van der Waals surface area contributed by atoms with Crippen LogP contribution in [0.1, 0.15) is 16.8 Å². The van der Waals surface area contributed by atoms with E-state index in [4.69, 9.17) is 9.47 Å². The molecule has 138 valence electrons. The average molecular weight is 354 g/mol. The van der Waals surface area contributed by atoms with Gasteiger partial charge in [-0.15, -0.1) is 0 Å². The van der Waals surface area contributed by atoms with Gasteiger partial charge in [0.25, 0.3) is 5.91 Å². The summed E-state index contributed by atoms with van der Waals surface area (Å²) in [5.74, 6) is 1.71. The molecule has 1 saturated heterocycles. The van der Waals surface area contributed by atoms with Crippen molar-refractivity contribution in [2.45, 2.75) is 6.42 Å². The van der Waals surface area contributed by atoms with Crippen molar-refractivity contribution in [1.82, 2.24) is 9.80 Å². The number of methoxy groups -OCH3 is 1. The summed E-state index contributed by atoms with van der Waals surface area (Å²) in [5.41, 5.74) is 0.689. The predicted octanol–water partition coefficient (Wildman–Crippen LogP) is 2.92. The highest BCUT2D eigenvalue weighted by Crippen LogP contribution is 2.16. The molecule has 2 aromatic carbocycles. The first-order valence-corrected chi connectivity index (χ1v) is 9.10. The summed E-state index contributed by atoms with van der Waals surface area (Å²) in [6.45, 7) is 5.04. The highest BCUT2D eigenvalue weighted by atomic mass is 16.5. The first-order valence-electron chi connectivity index (χ1n) is 9.10. The fraction of sp³-hybridized carbons (Fsp3) is 0.381. The summed E-state index contributed by atoms with van der Waals surface area (Å²) in [4.78, 5) is 16.9. The zero-order chi connectivity index (χ0) is 18.2. The molecule has 5 nitrogen and oxygen atoms in total. The number of rotatable bonds is 7. The number of para-hydroxylation sites is 1. The lowest BCUT2D eigenvalue weighted by molar-refractivity contribution is 0.0630. The molecule has 2 aromatic rings. The summed E-state index contributed by atoms with van der Waals surface area (Å²) in [6.07, 6.45) is 0.985. The van der Waals surface area contributed by atoms with Gasteiger partial charge in [0.2, 0.25) is 0 Å². The molecule has 0 aliphatic carbocycles. The Labute approximate surface area is 155 Å². The van der Waals surface area contributed by atoms with E-state index in [1.807, 2.05) is 53.4 Å². The smallest absolute Gasteiger partial charge is 0.254 e. The molecule has 0 unspecified atom stereocenters. The molecule has 1 amide bonds. The van der Waals surface area contributed by atoms with Gasteiger partial charge in [0, 0.05) is 38.3 Å². The van der Waals surface area contributed by atoms with E-state index in [0.29, 0.717) is 17.9 Å². The number of hydrogen-bond donors (Lipinski definition) is 0. The minimum Gasteiger partial charge on any atom is -0.497 e. The molecule has 0 atom stereocenters. The fourth-order valence-corrected chi connectivity index (χ4v) is 3.11. The number of carbonyl (C=O) groups excluding carboxylic acids is 1. The van der Waals surface area contributed by atoms with Gasteiger partial charge in [-0.1, -0.05) is 24.3 Å². The van der Waals surface area contributed by atoms with Crippen LogP contribution < -0.4 is 9.47 Å². The van der Waals surface area contributed by atoms with E-state index in [1.54, 1.807) is 13.2 Å². The Balaban J connectivity index is 1.39. The van der Waals surface area contributed by atoms with E-state index >= 15 is 0 Å². The normalized spacial score (nSPS) is 14.9. The van der Waals surface area contributed by atoms with Crippen LogP contribution in [-0.2, 0) is 0 Å². The number of carbonyl (C=O) groups is 1. The predicted molar refractivity (Wildman–Crippen MR) is 102 cm³/mol. The molecule has 1 aliphatic rings. The van der Waals surface area contributed by atoms with Crippen molar-refractivity contribution >= 4 is 5.91 Å². The standard InChI is InChI=1S/C21H26N2O3/c1-25-20-10-5-7-18(17-20)21(24)23-14-12-22(13-15-23)11-6-16-26-19-8-3-2-4-9-19/h2-5,7-10,17H,6,11-16H2,1H3.